The lowest BCUT2D eigenvalue weighted by Gasteiger charge is -2.34. The fraction of sp³-hybridized carbons (Fsp3) is 0.696. The van der Waals surface area contributed by atoms with Crippen LogP contribution in [0.2, 0.25) is 0 Å². The summed E-state index contributed by atoms with van der Waals surface area (Å²) >= 11 is 0. The van der Waals surface area contributed by atoms with E-state index in [0.29, 0.717) is 12.5 Å². The maximum atomic E-state index is 12.6. The van der Waals surface area contributed by atoms with E-state index in [1.165, 1.54) is 81.6 Å². The highest BCUT2D eigenvalue weighted by molar-refractivity contribution is 5.70. The third kappa shape index (κ3) is 6.89. The van der Waals surface area contributed by atoms with Gasteiger partial charge in [0.1, 0.15) is 5.75 Å². The van der Waals surface area contributed by atoms with Crippen molar-refractivity contribution in [2.24, 2.45) is 11.8 Å². The first-order valence-electron chi connectivity index (χ1n) is 11.1. The van der Waals surface area contributed by atoms with E-state index < -0.39 is 17.8 Å². The standard InChI is InChI=1S/C23H33F3N2O2/c1-27(22(29)30-21-11-9-20(10-12-21)23(24,25)26)16-13-18-5-7-19(8-6-18)17-28-14-3-2-4-15-28/h9-12,18-19H,2-8,13-17H2,1H3. The van der Waals surface area contributed by atoms with Gasteiger partial charge in [0.15, 0.2) is 0 Å². The van der Waals surface area contributed by atoms with Crippen molar-refractivity contribution in [2.75, 3.05) is 33.2 Å². The number of piperidine rings is 1. The minimum atomic E-state index is -4.40. The second kappa shape index (κ2) is 10.5. The van der Waals surface area contributed by atoms with E-state index in [0.717, 1.165) is 24.5 Å². The minimum absolute atomic E-state index is 0.123. The van der Waals surface area contributed by atoms with Crippen LogP contribution in [-0.2, 0) is 6.18 Å². The summed E-state index contributed by atoms with van der Waals surface area (Å²) in [7, 11) is 1.68. The van der Waals surface area contributed by atoms with E-state index in [4.69, 9.17) is 4.74 Å². The van der Waals surface area contributed by atoms with Gasteiger partial charge in [-0.3, -0.25) is 0 Å². The summed E-state index contributed by atoms with van der Waals surface area (Å²) in [5, 5.41) is 0. The molecule has 1 heterocycles. The number of nitrogens with zero attached hydrogens (tertiary/aromatic N) is 2. The summed E-state index contributed by atoms with van der Waals surface area (Å²) in [6.45, 7) is 4.35. The first kappa shape index (κ1) is 22.9. The van der Waals surface area contributed by atoms with E-state index in [2.05, 4.69) is 4.90 Å². The van der Waals surface area contributed by atoms with Crippen molar-refractivity contribution in [2.45, 2.75) is 57.5 Å². The van der Waals surface area contributed by atoms with Gasteiger partial charge >= 0.3 is 12.3 Å². The molecule has 0 bridgehead atoms. The number of hydrogen-bond acceptors (Lipinski definition) is 3. The van der Waals surface area contributed by atoms with Gasteiger partial charge in [0.25, 0.3) is 0 Å². The van der Waals surface area contributed by atoms with Gasteiger partial charge in [-0.2, -0.15) is 13.2 Å². The molecule has 1 amide bonds. The summed E-state index contributed by atoms with van der Waals surface area (Å²) in [6.07, 6.45) is 5.00. The molecule has 1 aromatic rings. The average molecular weight is 427 g/mol. The molecule has 3 rings (SSSR count). The SMILES string of the molecule is CN(CCC1CCC(CN2CCCCC2)CC1)C(=O)Oc1ccc(C(F)(F)F)cc1. The van der Waals surface area contributed by atoms with E-state index in [1.54, 1.807) is 7.05 Å². The Hall–Kier alpha value is -1.76. The fourth-order valence-electron chi connectivity index (χ4n) is 4.57. The molecule has 1 aliphatic carbocycles. The molecule has 1 aromatic carbocycles. The molecule has 168 valence electrons. The van der Waals surface area contributed by atoms with Crippen LogP contribution in [0.4, 0.5) is 18.0 Å². The van der Waals surface area contributed by atoms with Crippen LogP contribution in [0.15, 0.2) is 24.3 Å². The number of likely N-dealkylation sites (tertiary alicyclic amines) is 1. The van der Waals surface area contributed by atoms with Gasteiger partial charge in [0, 0.05) is 20.1 Å². The van der Waals surface area contributed by atoms with E-state index in [-0.39, 0.29) is 5.75 Å². The molecule has 1 saturated heterocycles. The van der Waals surface area contributed by atoms with E-state index in [1.807, 2.05) is 0 Å². The number of amides is 1. The van der Waals surface area contributed by atoms with Crippen LogP contribution in [0.5, 0.6) is 5.75 Å². The minimum Gasteiger partial charge on any atom is -0.410 e. The quantitative estimate of drug-likeness (QED) is 0.575. The molecule has 30 heavy (non-hydrogen) atoms. The number of carbonyl (C=O) groups is 1. The zero-order chi connectivity index (χ0) is 21.6. The lowest BCUT2D eigenvalue weighted by atomic mass is 9.80. The molecule has 0 unspecified atom stereocenters. The van der Waals surface area contributed by atoms with Gasteiger partial charge in [-0.25, -0.2) is 4.79 Å². The summed E-state index contributed by atoms with van der Waals surface area (Å²) < 4.78 is 43.0. The van der Waals surface area contributed by atoms with Crippen molar-refractivity contribution >= 4 is 6.09 Å². The number of hydrogen-bond donors (Lipinski definition) is 0. The number of alkyl halides is 3. The highest BCUT2D eigenvalue weighted by Gasteiger charge is 2.30. The molecule has 0 atom stereocenters. The van der Waals surface area contributed by atoms with Gasteiger partial charge in [-0.15, -0.1) is 0 Å². The maximum Gasteiger partial charge on any atom is 0.416 e. The van der Waals surface area contributed by atoms with E-state index >= 15 is 0 Å². The van der Waals surface area contributed by atoms with Gasteiger partial charge in [-0.1, -0.05) is 19.3 Å². The smallest absolute Gasteiger partial charge is 0.410 e. The third-order valence-electron chi connectivity index (χ3n) is 6.50. The molecule has 0 spiro atoms. The van der Waals surface area contributed by atoms with Gasteiger partial charge in [-0.05, 0) is 81.3 Å². The highest BCUT2D eigenvalue weighted by Crippen LogP contribution is 2.32. The van der Waals surface area contributed by atoms with Crippen molar-refractivity contribution in [1.29, 1.82) is 0 Å². The predicted octanol–water partition coefficient (Wildman–Crippen LogP) is 5.82. The van der Waals surface area contributed by atoms with Crippen LogP contribution in [0.1, 0.15) is 56.9 Å². The third-order valence-corrected chi connectivity index (χ3v) is 6.50. The van der Waals surface area contributed by atoms with E-state index in [9.17, 15) is 18.0 Å². The second-order valence-corrected chi connectivity index (χ2v) is 8.85. The second-order valence-electron chi connectivity index (χ2n) is 8.85. The Balaban J connectivity index is 1.35. The number of benzene rings is 1. The molecule has 0 N–H and O–H groups in total. The normalized spacial score (nSPS) is 23.2. The summed E-state index contributed by atoms with van der Waals surface area (Å²) in [5.74, 6) is 1.56. The maximum absolute atomic E-state index is 12.6. The molecule has 0 radical (unpaired) electrons. The molecule has 2 aliphatic rings. The van der Waals surface area contributed by atoms with Gasteiger partial charge in [0.05, 0.1) is 5.56 Å². The molecule has 7 heteroatoms. The Morgan fingerprint density at radius 1 is 1.03 bits per heavy atom. The van der Waals surface area contributed by atoms with Crippen LogP contribution >= 0.6 is 0 Å². The number of halogens is 3. The molecule has 0 aromatic heterocycles. The van der Waals surface area contributed by atoms with Crippen molar-refractivity contribution in [3.8, 4) is 5.75 Å². The Bertz CT molecular complexity index is 664. The largest absolute Gasteiger partial charge is 0.416 e. The molecule has 1 aliphatic heterocycles. The lowest BCUT2D eigenvalue weighted by Crippen LogP contribution is -2.36. The first-order chi connectivity index (χ1) is 14.3. The fourth-order valence-corrected chi connectivity index (χ4v) is 4.57. The van der Waals surface area contributed by atoms with Crippen LogP contribution in [0.25, 0.3) is 0 Å². The van der Waals surface area contributed by atoms with Crippen LogP contribution in [0.3, 0.4) is 0 Å². The van der Waals surface area contributed by atoms with Crippen LogP contribution in [-0.4, -0.2) is 49.1 Å². The molecular formula is C23H33F3N2O2. The van der Waals surface area contributed by atoms with Crippen LogP contribution in [0, 0.1) is 11.8 Å². The topological polar surface area (TPSA) is 32.8 Å². The zero-order valence-electron chi connectivity index (χ0n) is 17.8. The first-order valence-corrected chi connectivity index (χ1v) is 11.1. The summed E-state index contributed by atoms with van der Waals surface area (Å²) in [6, 6.07) is 4.20. The molecule has 2 fully saturated rings. The van der Waals surface area contributed by atoms with Crippen molar-refractivity contribution in [3.05, 3.63) is 29.8 Å². The van der Waals surface area contributed by atoms with Crippen molar-refractivity contribution in [3.63, 3.8) is 0 Å². The van der Waals surface area contributed by atoms with Crippen LogP contribution < -0.4 is 4.74 Å². The Labute approximate surface area is 177 Å². The monoisotopic (exact) mass is 426 g/mol. The Morgan fingerprint density at radius 2 is 1.63 bits per heavy atom. The average Bonchev–Trinajstić information content (AvgIpc) is 2.73. The highest BCUT2D eigenvalue weighted by atomic mass is 19.4. The van der Waals surface area contributed by atoms with Crippen molar-refractivity contribution < 1.29 is 22.7 Å². The lowest BCUT2D eigenvalue weighted by molar-refractivity contribution is -0.137. The molecular weight excluding hydrogens is 393 g/mol. The molecule has 1 saturated carbocycles. The van der Waals surface area contributed by atoms with Gasteiger partial charge < -0.3 is 14.5 Å². The number of ether oxygens (including phenoxy) is 1. The zero-order valence-corrected chi connectivity index (χ0v) is 17.8. The van der Waals surface area contributed by atoms with Gasteiger partial charge in [0.2, 0.25) is 0 Å². The van der Waals surface area contributed by atoms with Crippen molar-refractivity contribution in [1.82, 2.24) is 9.80 Å². The number of carbonyl (C=O) groups excluding carboxylic acids is 1. The number of rotatable bonds is 6. The summed E-state index contributed by atoms with van der Waals surface area (Å²) in [5.41, 5.74) is -0.758. The molecule has 4 nitrogen and oxygen atoms in total. The Kier molecular flexibility index (Phi) is 8.03. The predicted molar refractivity (Wildman–Crippen MR) is 110 cm³/mol. The summed E-state index contributed by atoms with van der Waals surface area (Å²) in [4.78, 5) is 16.4. The Morgan fingerprint density at radius 3 is 2.23 bits per heavy atom.